The van der Waals surface area contributed by atoms with E-state index in [-0.39, 0.29) is 0 Å². The molecule has 1 heterocycles. The van der Waals surface area contributed by atoms with Gasteiger partial charge in [-0.25, -0.2) is 0 Å². The van der Waals surface area contributed by atoms with Crippen LogP contribution in [0.4, 0.5) is 0 Å². The van der Waals surface area contributed by atoms with E-state index in [1.165, 1.54) is 64.5 Å². The number of nitrogens with zero attached hydrogens (tertiary/aromatic N) is 1. The molecule has 0 aromatic rings. The average Bonchev–Trinajstić information content (AvgIpc) is 2.40. The van der Waals surface area contributed by atoms with Crippen LogP contribution in [0.5, 0.6) is 0 Å². The summed E-state index contributed by atoms with van der Waals surface area (Å²) in [5.41, 5.74) is 0.499. The van der Waals surface area contributed by atoms with Crippen LogP contribution in [0.1, 0.15) is 72.1 Å². The summed E-state index contributed by atoms with van der Waals surface area (Å²) in [5.74, 6) is 0. The van der Waals surface area contributed by atoms with Crippen molar-refractivity contribution < 1.29 is 0 Å². The largest absolute Gasteiger partial charge is 0.311 e. The third-order valence-electron chi connectivity index (χ3n) is 5.26. The molecule has 1 saturated carbocycles. The monoisotopic (exact) mass is 252 g/mol. The van der Waals surface area contributed by atoms with Crippen molar-refractivity contribution in [3.8, 4) is 0 Å². The van der Waals surface area contributed by atoms with Gasteiger partial charge in [0.15, 0.2) is 0 Å². The minimum absolute atomic E-state index is 0.499. The van der Waals surface area contributed by atoms with Gasteiger partial charge in [0, 0.05) is 30.7 Å². The molecule has 2 rings (SSSR count). The molecule has 2 fully saturated rings. The molecule has 0 aromatic heterocycles. The van der Waals surface area contributed by atoms with Gasteiger partial charge in [0.05, 0.1) is 0 Å². The third kappa shape index (κ3) is 2.91. The zero-order valence-electron chi connectivity index (χ0n) is 12.7. The lowest BCUT2D eigenvalue weighted by Gasteiger charge is -2.54. The van der Waals surface area contributed by atoms with Gasteiger partial charge in [-0.05, 0) is 32.6 Å². The maximum Gasteiger partial charge on any atom is 0.0337 e. The highest BCUT2D eigenvalue weighted by Crippen LogP contribution is 2.37. The molecule has 1 aliphatic carbocycles. The highest BCUT2D eigenvalue weighted by Gasteiger charge is 2.43. The smallest absolute Gasteiger partial charge is 0.0337 e. The van der Waals surface area contributed by atoms with E-state index in [2.05, 4.69) is 31.0 Å². The van der Waals surface area contributed by atoms with Crippen LogP contribution in [0.15, 0.2) is 0 Å². The molecule has 1 spiro atoms. The fraction of sp³-hybridized carbons (Fsp3) is 1.00. The molecule has 1 saturated heterocycles. The second kappa shape index (κ2) is 6.38. The normalized spacial score (nSPS) is 30.5. The summed E-state index contributed by atoms with van der Waals surface area (Å²) >= 11 is 0. The standard InChI is InChI=1S/C16H32N2/c1-4-9-14(3)18-12-15(5-2)17-13-16(18)10-7-6-8-11-16/h14-15,17H,4-13H2,1-3H3. The van der Waals surface area contributed by atoms with Crippen molar-refractivity contribution in [2.45, 2.75) is 89.8 Å². The molecule has 0 bridgehead atoms. The Bertz CT molecular complexity index is 245. The van der Waals surface area contributed by atoms with Gasteiger partial charge in [0.25, 0.3) is 0 Å². The van der Waals surface area contributed by atoms with Crippen LogP contribution in [0.3, 0.4) is 0 Å². The molecule has 1 aliphatic heterocycles. The number of rotatable bonds is 4. The fourth-order valence-corrected chi connectivity index (χ4v) is 4.10. The van der Waals surface area contributed by atoms with E-state index in [0.717, 1.165) is 12.1 Å². The van der Waals surface area contributed by atoms with Gasteiger partial charge in [-0.3, -0.25) is 4.90 Å². The van der Waals surface area contributed by atoms with E-state index < -0.39 is 0 Å². The van der Waals surface area contributed by atoms with Crippen LogP contribution >= 0.6 is 0 Å². The van der Waals surface area contributed by atoms with Crippen molar-refractivity contribution in [1.29, 1.82) is 0 Å². The molecule has 18 heavy (non-hydrogen) atoms. The van der Waals surface area contributed by atoms with Gasteiger partial charge in [-0.15, -0.1) is 0 Å². The first-order valence-electron chi connectivity index (χ1n) is 8.22. The van der Waals surface area contributed by atoms with Crippen LogP contribution in [-0.2, 0) is 0 Å². The molecule has 2 nitrogen and oxygen atoms in total. The quantitative estimate of drug-likeness (QED) is 0.823. The average molecular weight is 252 g/mol. The highest BCUT2D eigenvalue weighted by atomic mass is 15.3. The minimum Gasteiger partial charge on any atom is -0.311 e. The van der Waals surface area contributed by atoms with Crippen LogP contribution in [0.25, 0.3) is 0 Å². The van der Waals surface area contributed by atoms with Gasteiger partial charge >= 0.3 is 0 Å². The second-order valence-electron chi connectivity index (χ2n) is 6.56. The first-order chi connectivity index (χ1) is 8.72. The number of hydrogen-bond acceptors (Lipinski definition) is 2. The summed E-state index contributed by atoms with van der Waals surface area (Å²) in [6.45, 7) is 9.61. The fourth-order valence-electron chi connectivity index (χ4n) is 4.10. The summed E-state index contributed by atoms with van der Waals surface area (Å²) in [7, 11) is 0. The summed E-state index contributed by atoms with van der Waals surface area (Å²) in [5, 5.41) is 3.81. The molecule has 2 heteroatoms. The molecule has 0 aromatic carbocycles. The van der Waals surface area contributed by atoms with E-state index in [9.17, 15) is 0 Å². The topological polar surface area (TPSA) is 15.3 Å². The van der Waals surface area contributed by atoms with Crippen LogP contribution in [-0.4, -0.2) is 35.6 Å². The van der Waals surface area contributed by atoms with Crippen molar-refractivity contribution in [2.75, 3.05) is 13.1 Å². The Morgan fingerprint density at radius 1 is 1.22 bits per heavy atom. The predicted molar refractivity (Wildman–Crippen MR) is 79.0 cm³/mol. The van der Waals surface area contributed by atoms with E-state index in [4.69, 9.17) is 0 Å². The molecule has 0 radical (unpaired) electrons. The first kappa shape index (κ1) is 14.3. The Morgan fingerprint density at radius 2 is 1.94 bits per heavy atom. The van der Waals surface area contributed by atoms with Gasteiger partial charge < -0.3 is 5.32 Å². The summed E-state index contributed by atoms with van der Waals surface area (Å²) in [6, 6.07) is 1.49. The van der Waals surface area contributed by atoms with Gasteiger partial charge in [0.2, 0.25) is 0 Å². The maximum atomic E-state index is 3.81. The highest BCUT2D eigenvalue weighted by molar-refractivity contribution is 5.01. The van der Waals surface area contributed by atoms with E-state index in [0.29, 0.717) is 5.54 Å². The van der Waals surface area contributed by atoms with Gasteiger partial charge in [0.1, 0.15) is 0 Å². The third-order valence-corrected chi connectivity index (χ3v) is 5.26. The summed E-state index contributed by atoms with van der Waals surface area (Å²) in [6.07, 6.45) is 11.1. The van der Waals surface area contributed by atoms with Crippen molar-refractivity contribution >= 4 is 0 Å². The Hall–Kier alpha value is -0.0800. The Morgan fingerprint density at radius 3 is 2.56 bits per heavy atom. The zero-order valence-corrected chi connectivity index (χ0v) is 12.7. The molecule has 2 atom stereocenters. The lowest BCUT2D eigenvalue weighted by molar-refractivity contribution is -0.0207. The van der Waals surface area contributed by atoms with Crippen LogP contribution < -0.4 is 5.32 Å². The molecular formula is C16H32N2. The minimum atomic E-state index is 0.499. The molecular weight excluding hydrogens is 220 g/mol. The van der Waals surface area contributed by atoms with Crippen molar-refractivity contribution in [3.05, 3.63) is 0 Å². The van der Waals surface area contributed by atoms with Gasteiger partial charge in [-0.1, -0.05) is 39.5 Å². The Kier molecular flexibility index (Phi) is 5.08. The lowest BCUT2D eigenvalue weighted by atomic mass is 9.77. The molecule has 0 amide bonds. The predicted octanol–water partition coefficient (Wildman–Crippen LogP) is 3.56. The summed E-state index contributed by atoms with van der Waals surface area (Å²) in [4.78, 5) is 2.89. The SMILES string of the molecule is CCCC(C)N1CC(CC)NCC12CCCCC2. The summed E-state index contributed by atoms with van der Waals surface area (Å²) < 4.78 is 0. The number of piperazine rings is 1. The molecule has 1 N–H and O–H groups in total. The lowest BCUT2D eigenvalue weighted by Crippen LogP contribution is -2.67. The molecule has 106 valence electrons. The second-order valence-corrected chi connectivity index (χ2v) is 6.56. The van der Waals surface area contributed by atoms with E-state index >= 15 is 0 Å². The number of nitrogens with one attached hydrogen (secondary N) is 1. The van der Waals surface area contributed by atoms with E-state index in [1.54, 1.807) is 0 Å². The maximum absolute atomic E-state index is 3.81. The van der Waals surface area contributed by atoms with Crippen molar-refractivity contribution in [2.24, 2.45) is 0 Å². The van der Waals surface area contributed by atoms with Gasteiger partial charge in [-0.2, -0.15) is 0 Å². The van der Waals surface area contributed by atoms with Crippen molar-refractivity contribution in [3.63, 3.8) is 0 Å². The van der Waals surface area contributed by atoms with Crippen molar-refractivity contribution in [1.82, 2.24) is 10.2 Å². The Labute approximate surface area is 114 Å². The molecule has 2 aliphatic rings. The number of hydrogen-bond donors (Lipinski definition) is 1. The Balaban J connectivity index is 2.10. The van der Waals surface area contributed by atoms with Crippen LogP contribution in [0, 0.1) is 0 Å². The zero-order chi connectivity index (χ0) is 13.0. The van der Waals surface area contributed by atoms with E-state index in [1.807, 2.05) is 0 Å². The first-order valence-corrected chi connectivity index (χ1v) is 8.22. The molecule has 2 unspecified atom stereocenters. The van der Waals surface area contributed by atoms with Crippen LogP contribution in [0.2, 0.25) is 0 Å².